The molecular weight excluding hydrogens is 495 g/mol. The molecule has 0 aliphatic carbocycles. The summed E-state index contributed by atoms with van der Waals surface area (Å²) in [5, 5.41) is 5.31. The number of nitrogens with zero attached hydrogens (tertiary/aromatic N) is 2. The number of carbonyl (C=O) groups excluding carboxylic acids is 2. The number of rotatable bonds is 6. The van der Waals surface area contributed by atoms with Gasteiger partial charge in [0, 0.05) is 61.9 Å². The topological polar surface area (TPSA) is 70.1 Å². The number of hydrogen-bond donors (Lipinski definition) is 2. The van der Waals surface area contributed by atoms with Crippen LogP contribution in [0.1, 0.15) is 36.8 Å². The van der Waals surface area contributed by atoms with Crippen molar-refractivity contribution in [3.05, 3.63) is 70.0 Å². The number of nitrogens with one attached hydrogen (secondary N) is 2. The van der Waals surface area contributed by atoms with Crippen molar-refractivity contribution in [1.82, 2.24) is 19.8 Å². The maximum atomic E-state index is 13.2. The SMILES string of the molecule is O=C1NC(=O)C(c2cn(CCCN3CCCCC3)c3ccc(Cl)cc23)=C1c1c[nH]c2ccc(Cl)cc12. The lowest BCUT2D eigenvalue weighted by molar-refractivity contribution is -0.122. The lowest BCUT2D eigenvalue weighted by Gasteiger charge is -2.26. The maximum absolute atomic E-state index is 13.2. The smallest absolute Gasteiger partial charge is 0.259 e. The van der Waals surface area contributed by atoms with Gasteiger partial charge in [-0.1, -0.05) is 29.6 Å². The van der Waals surface area contributed by atoms with Crippen LogP contribution in [0.3, 0.4) is 0 Å². The zero-order valence-electron chi connectivity index (χ0n) is 19.7. The largest absolute Gasteiger partial charge is 0.361 e. The van der Waals surface area contributed by atoms with E-state index in [9.17, 15) is 9.59 Å². The number of piperidine rings is 1. The molecule has 0 atom stereocenters. The Kier molecular flexibility index (Phi) is 6.12. The Morgan fingerprint density at radius 1 is 0.806 bits per heavy atom. The Balaban J connectivity index is 1.45. The minimum Gasteiger partial charge on any atom is -0.361 e. The fourth-order valence-electron chi connectivity index (χ4n) is 5.57. The van der Waals surface area contributed by atoms with E-state index in [2.05, 4.69) is 19.8 Å². The average molecular weight is 521 g/mol. The summed E-state index contributed by atoms with van der Waals surface area (Å²) in [5.74, 6) is -0.817. The number of halogens is 2. The van der Waals surface area contributed by atoms with Crippen LogP contribution >= 0.6 is 23.2 Å². The van der Waals surface area contributed by atoms with E-state index in [1.165, 1.54) is 32.4 Å². The predicted octanol–water partition coefficient (Wildman–Crippen LogP) is 5.87. The molecule has 4 aromatic rings. The Morgan fingerprint density at radius 2 is 1.50 bits per heavy atom. The fraction of sp³-hybridized carbons (Fsp3) is 0.286. The molecule has 0 unspecified atom stereocenters. The highest BCUT2D eigenvalue weighted by atomic mass is 35.5. The second kappa shape index (κ2) is 9.43. The molecule has 6 rings (SSSR count). The Hall–Kier alpha value is -3.06. The Labute approximate surface area is 218 Å². The molecule has 8 heteroatoms. The first-order chi connectivity index (χ1) is 17.5. The van der Waals surface area contributed by atoms with Crippen LogP contribution in [0.15, 0.2) is 48.8 Å². The van der Waals surface area contributed by atoms with Crippen molar-refractivity contribution in [3.63, 3.8) is 0 Å². The standard InChI is InChI=1S/C28H26Cl2N4O2/c29-17-5-7-23-19(13-17)21(15-31-23)25-26(28(36)32-27(25)35)22-16-34(24-8-6-18(30)14-20(22)24)12-4-11-33-9-2-1-3-10-33/h5-8,13-16,31H,1-4,9-12H2,(H,32,35,36). The van der Waals surface area contributed by atoms with E-state index < -0.39 is 11.8 Å². The van der Waals surface area contributed by atoms with Gasteiger partial charge in [0.1, 0.15) is 0 Å². The van der Waals surface area contributed by atoms with Gasteiger partial charge in [-0.05, 0) is 75.3 Å². The molecule has 2 aliphatic heterocycles. The zero-order valence-corrected chi connectivity index (χ0v) is 21.3. The van der Waals surface area contributed by atoms with Crippen LogP contribution in [0.2, 0.25) is 10.0 Å². The number of aryl methyl sites for hydroxylation is 1. The first-order valence-corrected chi connectivity index (χ1v) is 13.1. The minimum absolute atomic E-state index is 0.348. The normalized spacial score (nSPS) is 17.1. The van der Waals surface area contributed by atoms with Crippen LogP contribution < -0.4 is 5.32 Å². The molecule has 1 fully saturated rings. The first-order valence-electron chi connectivity index (χ1n) is 12.4. The summed E-state index contributed by atoms with van der Waals surface area (Å²) in [6.45, 7) is 4.20. The van der Waals surface area contributed by atoms with Crippen LogP contribution in [0.4, 0.5) is 0 Å². The van der Waals surface area contributed by atoms with E-state index in [1.807, 2.05) is 36.5 Å². The molecule has 6 nitrogen and oxygen atoms in total. The quantitative estimate of drug-likeness (QED) is 0.312. The number of H-pyrrole nitrogens is 1. The summed E-state index contributed by atoms with van der Waals surface area (Å²) in [6.07, 6.45) is 8.63. The molecule has 184 valence electrons. The number of benzene rings is 2. The van der Waals surface area contributed by atoms with Crippen LogP contribution in [-0.2, 0) is 16.1 Å². The Bertz CT molecular complexity index is 1540. The van der Waals surface area contributed by atoms with Crippen LogP contribution in [0.25, 0.3) is 33.0 Å². The van der Waals surface area contributed by atoms with E-state index in [0.29, 0.717) is 32.3 Å². The van der Waals surface area contributed by atoms with Crippen molar-refractivity contribution in [2.45, 2.75) is 32.2 Å². The number of imide groups is 1. The summed E-state index contributed by atoms with van der Waals surface area (Å²) < 4.78 is 2.18. The van der Waals surface area contributed by atoms with Crippen molar-refractivity contribution in [2.24, 2.45) is 0 Å². The van der Waals surface area contributed by atoms with E-state index in [0.717, 1.165) is 41.3 Å². The van der Waals surface area contributed by atoms with E-state index in [1.54, 1.807) is 12.3 Å². The third kappa shape index (κ3) is 4.13. The van der Waals surface area contributed by atoms with E-state index in [4.69, 9.17) is 23.2 Å². The molecule has 2 amide bonds. The predicted molar refractivity (Wildman–Crippen MR) is 145 cm³/mol. The zero-order chi connectivity index (χ0) is 24.8. The van der Waals surface area contributed by atoms with Gasteiger partial charge in [-0.25, -0.2) is 0 Å². The number of fused-ring (bicyclic) bond motifs is 2. The molecule has 2 aliphatic rings. The van der Waals surface area contributed by atoms with Gasteiger partial charge in [-0.15, -0.1) is 0 Å². The summed E-state index contributed by atoms with van der Waals surface area (Å²) in [5.41, 5.74) is 3.91. The number of hydrogen-bond acceptors (Lipinski definition) is 3. The van der Waals surface area contributed by atoms with Gasteiger partial charge in [0.15, 0.2) is 0 Å². The number of amides is 2. The van der Waals surface area contributed by atoms with Crippen molar-refractivity contribution >= 4 is 68.0 Å². The summed E-state index contributed by atoms with van der Waals surface area (Å²) >= 11 is 12.6. The number of carbonyl (C=O) groups is 2. The molecule has 0 bridgehead atoms. The minimum atomic E-state index is -0.413. The van der Waals surface area contributed by atoms with Crippen LogP contribution in [0.5, 0.6) is 0 Å². The molecule has 36 heavy (non-hydrogen) atoms. The number of aromatic amines is 1. The van der Waals surface area contributed by atoms with Crippen molar-refractivity contribution in [3.8, 4) is 0 Å². The second-order valence-electron chi connectivity index (χ2n) is 9.58. The highest BCUT2D eigenvalue weighted by molar-refractivity contribution is 6.51. The van der Waals surface area contributed by atoms with Gasteiger partial charge >= 0.3 is 0 Å². The summed E-state index contributed by atoms with van der Waals surface area (Å²) in [4.78, 5) is 32.0. The van der Waals surface area contributed by atoms with Crippen LogP contribution in [-0.4, -0.2) is 45.9 Å². The van der Waals surface area contributed by atoms with Gasteiger partial charge in [0.2, 0.25) is 0 Å². The van der Waals surface area contributed by atoms with E-state index in [-0.39, 0.29) is 0 Å². The average Bonchev–Trinajstić information content (AvgIpc) is 3.52. The van der Waals surface area contributed by atoms with Gasteiger partial charge in [-0.2, -0.15) is 0 Å². The number of aromatic nitrogens is 2. The fourth-order valence-corrected chi connectivity index (χ4v) is 5.91. The van der Waals surface area contributed by atoms with Crippen molar-refractivity contribution in [2.75, 3.05) is 19.6 Å². The highest BCUT2D eigenvalue weighted by Gasteiger charge is 2.35. The lowest BCUT2D eigenvalue weighted by Crippen LogP contribution is -2.31. The summed E-state index contributed by atoms with van der Waals surface area (Å²) in [7, 11) is 0. The van der Waals surface area contributed by atoms with Gasteiger partial charge in [-0.3, -0.25) is 14.9 Å². The van der Waals surface area contributed by atoms with Gasteiger partial charge in [0.05, 0.1) is 11.1 Å². The second-order valence-corrected chi connectivity index (χ2v) is 10.5. The maximum Gasteiger partial charge on any atom is 0.259 e. The molecule has 1 saturated heterocycles. The number of likely N-dealkylation sites (tertiary alicyclic amines) is 1. The molecule has 0 radical (unpaired) electrons. The molecule has 0 saturated carbocycles. The monoisotopic (exact) mass is 520 g/mol. The lowest BCUT2D eigenvalue weighted by atomic mass is 9.95. The third-order valence-corrected chi connectivity index (χ3v) is 7.75. The third-order valence-electron chi connectivity index (χ3n) is 7.28. The van der Waals surface area contributed by atoms with E-state index >= 15 is 0 Å². The summed E-state index contributed by atoms with van der Waals surface area (Å²) in [6, 6.07) is 11.2. The highest BCUT2D eigenvalue weighted by Crippen LogP contribution is 2.39. The molecular formula is C28H26Cl2N4O2. The van der Waals surface area contributed by atoms with Gasteiger partial charge < -0.3 is 14.5 Å². The molecule has 2 aromatic heterocycles. The molecule has 4 heterocycles. The van der Waals surface area contributed by atoms with Crippen molar-refractivity contribution < 1.29 is 9.59 Å². The van der Waals surface area contributed by atoms with Crippen LogP contribution in [0, 0.1) is 0 Å². The molecule has 2 N–H and O–H groups in total. The van der Waals surface area contributed by atoms with Crippen molar-refractivity contribution in [1.29, 1.82) is 0 Å². The molecule has 2 aromatic carbocycles. The molecule has 0 spiro atoms. The first kappa shape index (κ1) is 23.3. The Morgan fingerprint density at radius 3 is 2.28 bits per heavy atom. The van der Waals surface area contributed by atoms with Gasteiger partial charge in [0.25, 0.3) is 11.8 Å².